The van der Waals surface area contributed by atoms with Crippen molar-refractivity contribution >= 4 is 23.6 Å². The minimum absolute atomic E-state index is 0.0161. The highest BCUT2D eigenvalue weighted by molar-refractivity contribution is 8.00. The molecule has 0 bridgehead atoms. The largest absolute Gasteiger partial charge is 0.340 e. The molecule has 0 N–H and O–H groups in total. The van der Waals surface area contributed by atoms with E-state index < -0.39 is 0 Å². The van der Waals surface area contributed by atoms with E-state index in [9.17, 15) is 14.0 Å². The van der Waals surface area contributed by atoms with Crippen LogP contribution < -0.4 is 0 Å². The van der Waals surface area contributed by atoms with E-state index in [0.717, 1.165) is 0 Å². The third-order valence-electron chi connectivity index (χ3n) is 2.94. The standard InChI is InChI=1S/C13H15FN2O2S/c1-15(6-10-4-2-3-5-11(10)14)12(17)7-16-9-19-8-13(16)18/h2-5H,6-9H2,1H3. The highest BCUT2D eigenvalue weighted by atomic mass is 32.2. The normalized spacial score (nSPS) is 14.8. The molecule has 1 aromatic carbocycles. The summed E-state index contributed by atoms with van der Waals surface area (Å²) in [6.45, 7) is 0.275. The molecule has 2 amide bonds. The second kappa shape index (κ2) is 6.06. The predicted octanol–water partition coefficient (Wildman–Crippen LogP) is 1.32. The number of carbonyl (C=O) groups excluding carboxylic acids is 2. The fraction of sp³-hybridized carbons (Fsp3) is 0.385. The minimum Gasteiger partial charge on any atom is -0.340 e. The number of hydrogen-bond donors (Lipinski definition) is 0. The summed E-state index contributed by atoms with van der Waals surface area (Å²) in [5, 5.41) is 0. The fourth-order valence-electron chi connectivity index (χ4n) is 1.79. The van der Waals surface area contributed by atoms with Crippen LogP contribution in [0.15, 0.2) is 24.3 Å². The van der Waals surface area contributed by atoms with Gasteiger partial charge in [-0.2, -0.15) is 0 Å². The Bertz CT molecular complexity index is 495. The molecule has 6 heteroatoms. The van der Waals surface area contributed by atoms with E-state index in [1.54, 1.807) is 25.2 Å². The molecular weight excluding hydrogens is 267 g/mol. The summed E-state index contributed by atoms with van der Waals surface area (Å²) in [7, 11) is 1.61. The van der Waals surface area contributed by atoms with E-state index in [-0.39, 0.29) is 30.7 Å². The molecule has 0 saturated carbocycles. The molecule has 0 spiro atoms. The Morgan fingerprint density at radius 1 is 1.47 bits per heavy atom. The van der Waals surface area contributed by atoms with Gasteiger partial charge in [0.25, 0.3) is 0 Å². The SMILES string of the molecule is CN(Cc1ccccc1F)C(=O)CN1CSCC1=O. The van der Waals surface area contributed by atoms with E-state index in [0.29, 0.717) is 17.2 Å². The molecule has 0 unspecified atom stereocenters. The Morgan fingerprint density at radius 3 is 2.84 bits per heavy atom. The zero-order chi connectivity index (χ0) is 13.8. The van der Waals surface area contributed by atoms with Gasteiger partial charge in [-0.1, -0.05) is 18.2 Å². The first-order valence-corrected chi connectivity index (χ1v) is 7.06. The van der Waals surface area contributed by atoms with Crippen molar-refractivity contribution in [2.24, 2.45) is 0 Å². The Kier molecular flexibility index (Phi) is 4.42. The van der Waals surface area contributed by atoms with Crippen molar-refractivity contribution in [1.29, 1.82) is 0 Å². The van der Waals surface area contributed by atoms with E-state index in [4.69, 9.17) is 0 Å². The van der Waals surface area contributed by atoms with Gasteiger partial charge in [-0.05, 0) is 6.07 Å². The summed E-state index contributed by atoms with van der Waals surface area (Å²) in [5.74, 6) is 0.467. The lowest BCUT2D eigenvalue weighted by molar-refractivity contribution is -0.137. The van der Waals surface area contributed by atoms with Gasteiger partial charge in [0.05, 0.1) is 11.6 Å². The third-order valence-corrected chi connectivity index (χ3v) is 3.89. The monoisotopic (exact) mass is 282 g/mol. The lowest BCUT2D eigenvalue weighted by atomic mass is 10.2. The van der Waals surface area contributed by atoms with Gasteiger partial charge in [0.2, 0.25) is 11.8 Å². The quantitative estimate of drug-likeness (QED) is 0.836. The predicted molar refractivity (Wildman–Crippen MR) is 71.9 cm³/mol. The maximum Gasteiger partial charge on any atom is 0.242 e. The van der Waals surface area contributed by atoms with Crippen molar-refractivity contribution in [3.63, 3.8) is 0 Å². The van der Waals surface area contributed by atoms with Crippen molar-refractivity contribution in [2.75, 3.05) is 25.2 Å². The van der Waals surface area contributed by atoms with Gasteiger partial charge < -0.3 is 9.80 Å². The lowest BCUT2D eigenvalue weighted by Gasteiger charge is -2.21. The number of carbonyl (C=O) groups is 2. The van der Waals surface area contributed by atoms with Gasteiger partial charge in [-0.25, -0.2) is 4.39 Å². The topological polar surface area (TPSA) is 40.6 Å². The number of rotatable bonds is 4. The van der Waals surface area contributed by atoms with Crippen LogP contribution in [0.1, 0.15) is 5.56 Å². The van der Waals surface area contributed by atoms with Crippen LogP contribution in [0.2, 0.25) is 0 Å². The molecule has 2 rings (SSSR count). The van der Waals surface area contributed by atoms with Crippen LogP contribution in [0.4, 0.5) is 4.39 Å². The molecule has 1 saturated heterocycles. The van der Waals surface area contributed by atoms with Gasteiger partial charge in [0.15, 0.2) is 0 Å². The highest BCUT2D eigenvalue weighted by Crippen LogP contribution is 2.15. The summed E-state index contributed by atoms with van der Waals surface area (Å²) >= 11 is 1.50. The molecule has 0 aromatic heterocycles. The van der Waals surface area contributed by atoms with Crippen LogP contribution >= 0.6 is 11.8 Å². The summed E-state index contributed by atoms with van der Waals surface area (Å²) < 4.78 is 13.5. The molecule has 19 heavy (non-hydrogen) atoms. The van der Waals surface area contributed by atoms with Crippen molar-refractivity contribution in [1.82, 2.24) is 9.80 Å². The zero-order valence-electron chi connectivity index (χ0n) is 10.6. The van der Waals surface area contributed by atoms with E-state index >= 15 is 0 Å². The van der Waals surface area contributed by atoms with Crippen molar-refractivity contribution in [3.8, 4) is 0 Å². The van der Waals surface area contributed by atoms with Crippen LogP contribution in [0.3, 0.4) is 0 Å². The fourth-order valence-corrected chi connectivity index (χ4v) is 2.70. The van der Waals surface area contributed by atoms with Crippen molar-refractivity contribution in [2.45, 2.75) is 6.54 Å². The van der Waals surface area contributed by atoms with Gasteiger partial charge >= 0.3 is 0 Å². The molecule has 1 aliphatic heterocycles. The van der Waals surface area contributed by atoms with E-state index in [1.807, 2.05) is 0 Å². The van der Waals surface area contributed by atoms with Crippen molar-refractivity contribution in [3.05, 3.63) is 35.6 Å². The van der Waals surface area contributed by atoms with Crippen molar-refractivity contribution < 1.29 is 14.0 Å². The zero-order valence-corrected chi connectivity index (χ0v) is 11.5. The molecule has 0 radical (unpaired) electrons. The van der Waals surface area contributed by atoms with Crippen LogP contribution in [0.25, 0.3) is 0 Å². The molecule has 1 aliphatic rings. The number of halogens is 1. The summed E-state index contributed by atoms with van der Waals surface area (Å²) in [5.41, 5.74) is 0.473. The number of thioether (sulfide) groups is 1. The first-order chi connectivity index (χ1) is 9.08. The van der Waals surface area contributed by atoms with E-state index in [2.05, 4.69) is 0 Å². The number of benzene rings is 1. The molecule has 4 nitrogen and oxygen atoms in total. The van der Waals surface area contributed by atoms with E-state index in [1.165, 1.54) is 27.6 Å². The Labute approximate surface area is 115 Å². The third kappa shape index (κ3) is 3.47. The van der Waals surface area contributed by atoms with Crippen LogP contribution in [0, 0.1) is 5.82 Å². The highest BCUT2D eigenvalue weighted by Gasteiger charge is 2.24. The molecule has 1 heterocycles. The molecule has 102 valence electrons. The van der Waals surface area contributed by atoms with Gasteiger partial charge in [-0.15, -0.1) is 11.8 Å². The summed E-state index contributed by atoms with van der Waals surface area (Å²) in [6, 6.07) is 6.36. The number of likely N-dealkylation sites (N-methyl/N-ethyl adjacent to an activating group) is 1. The lowest BCUT2D eigenvalue weighted by Crippen LogP contribution is -2.39. The number of nitrogens with zero attached hydrogens (tertiary/aromatic N) is 2. The molecule has 0 aliphatic carbocycles. The minimum atomic E-state index is -0.324. The number of amides is 2. The maximum absolute atomic E-state index is 13.5. The molecular formula is C13H15FN2O2S. The maximum atomic E-state index is 13.5. The second-order valence-corrected chi connectivity index (χ2v) is 5.37. The Hall–Kier alpha value is -1.56. The summed E-state index contributed by atoms with van der Waals surface area (Å²) in [6.07, 6.45) is 0. The summed E-state index contributed by atoms with van der Waals surface area (Å²) in [4.78, 5) is 26.3. The first kappa shape index (κ1) is 13.9. The van der Waals surface area contributed by atoms with Gasteiger partial charge in [-0.3, -0.25) is 9.59 Å². The molecule has 1 fully saturated rings. The average Bonchev–Trinajstić information content (AvgIpc) is 2.78. The van der Waals surface area contributed by atoms with Gasteiger partial charge in [0, 0.05) is 19.2 Å². The Balaban J connectivity index is 1.92. The van der Waals surface area contributed by atoms with Crippen LogP contribution in [-0.2, 0) is 16.1 Å². The second-order valence-electron chi connectivity index (χ2n) is 4.41. The number of hydrogen-bond acceptors (Lipinski definition) is 3. The Morgan fingerprint density at radius 2 is 2.21 bits per heavy atom. The van der Waals surface area contributed by atoms with Crippen LogP contribution in [0.5, 0.6) is 0 Å². The smallest absolute Gasteiger partial charge is 0.242 e. The molecule has 0 atom stereocenters. The van der Waals surface area contributed by atoms with Crippen LogP contribution in [-0.4, -0.2) is 46.8 Å². The van der Waals surface area contributed by atoms with Gasteiger partial charge in [0.1, 0.15) is 12.4 Å². The first-order valence-electron chi connectivity index (χ1n) is 5.91. The molecule has 1 aromatic rings. The average molecular weight is 282 g/mol.